The predicted molar refractivity (Wildman–Crippen MR) is 86.1 cm³/mol. The number of hydrogen-bond donors (Lipinski definition) is 2. The number of ether oxygens (including phenoxy) is 1. The Bertz CT molecular complexity index is 652. The number of aliphatic carboxylic acids is 1. The van der Waals surface area contributed by atoms with Gasteiger partial charge in [0.25, 0.3) is 0 Å². The summed E-state index contributed by atoms with van der Waals surface area (Å²) in [5.74, 6) is -1.10. The molecule has 2 rings (SSSR count). The zero-order chi connectivity index (χ0) is 16.7. The lowest BCUT2D eigenvalue weighted by Gasteiger charge is -2.15. The fourth-order valence-electron chi connectivity index (χ4n) is 2.07. The smallest absolute Gasteiger partial charge is 0.408 e. The highest BCUT2D eigenvalue weighted by atomic mass is 16.5. The molecule has 5 heteroatoms. The molecule has 0 fully saturated rings. The van der Waals surface area contributed by atoms with Crippen LogP contribution in [0.5, 0.6) is 0 Å². The van der Waals surface area contributed by atoms with Gasteiger partial charge in [0, 0.05) is 6.42 Å². The van der Waals surface area contributed by atoms with Crippen LogP contribution < -0.4 is 5.32 Å². The average Bonchev–Trinajstić information content (AvgIpc) is 2.55. The molecule has 2 aromatic rings. The fourth-order valence-corrected chi connectivity index (χ4v) is 2.07. The van der Waals surface area contributed by atoms with Crippen LogP contribution in [0.15, 0.2) is 54.6 Å². The minimum Gasteiger partial charge on any atom is -0.480 e. The van der Waals surface area contributed by atoms with Crippen LogP contribution in [-0.4, -0.2) is 23.2 Å². The van der Waals surface area contributed by atoms with Crippen molar-refractivity contribution in [3.05, 3.63) is 71.3 Å². The number of nitrogens with one attached hydrogen (secondary N) is 1. The minimum atomic E-state index is -1.10. The van der Waals surface area contributed by atoms with E-state index >= 15 is 0 Å². The van der Waals surface area contributed by atoms with E-state index in [1.54, 1.807) is 0 Å². The van der Waals surface area contributed by atoms with Crippen LogP contribution in [-0.2, 0) is 22.6 Å². The first-order valence-corrected chi connectivity index (χ1v) is 7.30. The van der Waals surface area contributed by atoms with Crippen molar-refractivity contribution in [3.8, 4) is 0 Å². The zero-order valence-electron chi connectivity index (χ0n) is 12.9. The minimum absolute atomic E-state index is 0.101. The van der Waals surface area contributed by atoms with E-state index < -0.39 is 18.1 Å². The van der Waals surface area contributed by atoms with Crippen molar-refractivity contribution in [2.75, 3.05) is 0 Å². The number of aryl methyl sites for hydroxylation is 1. The van der Waals surface area contributed by atoms with E-state index in [0.29, 0.717) is 0 Å². The Morgan fingerprint density at radius 2 is 1.70 bits per heavy atom. The molecule has 0 bridgehead atoms. The molecule has 0 saturated heterocycles. The predicted octanol–water partition coefficient (Wildman–Crippen LogP) is 2.92. The van der Waals surface area contributed by atoms with E-state index in [-0.39, 0.29) is 13.0 Å². The molecule has 0 heterocycles. The van der Waals surface area contributed by atoms with Crippen LogP contribution in [0.4, 0.5) is 4.79 Å². The van der Waals surface area contributed by atoms with Gasteiger partial charge in [-0.15, -0.1) is 0 Å². The lowest BCUT2D eigenvalue weighted by atomic mass is 10.0. The molecule has 0 aliphatic carbocycles. The highest BCUT2D eigenvalue weighted by molar-refractivity contribution is 5.80. The number of carbonyl (C=O) groups excluding carboxylic acids is 1. The Labute approximate surface area is 134 Å². The molecule has 0 aliphatic rings. The maximum Gasteiger partial charge on any atom is 0.408 e. The number of carboxylic acid groups (broad SMARTS) is 1. The van der Waals surface area contributed by atoms with E-state index in [0.717, 1.165) is 16.7 Å². The summed E-state index contributed by atoms with van der Waals surface area (Å²) >= 11 is 0. The maximum absolute atomic E-state index is 11.8. The van der Waals surface area contributed by atoms with Crippen molar-refractivity contribution < 1.29 is 19.4 Å². The zero-order valence-corrected chi connectivity index (χ0v) is 12.9. The van der Waals surface area contributed by atoms with Crippen molar-refractivity contribution in [1.82, 2.24) is 5.32 Å². The van der Waals surface area contributed by atoms with Gasteiger partial charge in [-0.1, -0.05) is 60.2 Å². The summed E-state index contributed by atoms with van der Waals surface area (Å²) in [5.41, 5.74) is 2.77. The van der Waals surface area contributed by atoms with Gasteiger partial charge < -0.3 is 15.2 Å². The highest BCUT2D eigenvalue weighted by Gasteiger charge is 2.21. The summed E-state index contributed by atoms with van der Waals surface area (Å²) in [6.07, 6.45) is -0.538. The monoisotopic (exact) mass is 313 g/mol. The lowest BCUT2D eigenvalue weighted by Crippen LogP contribution is -2.42. The Morgan fingerprint density at radius 1 is 1.04 bits per heavy atom. The van der Waals surface area contributed by atoms with Gasteiger partial charge in [-0.2, -0.15) is 0 Å². The van der Waals surface area contributed by atoms with Crippen LogP contribution in [0.2, 0.25) is 0 Å². The Balaban J connectivity index is 1.89. The van der Waals surface area contributed by atoms with Gasteiger partial charge in [-0.25, -0.2) is 9.59 Å². The van der Waals surface area contributed by atoms with Crippen molar-refractivity contribution >= 4 is 12.1 Å². The van der Waals surface area contributed by atoms with Gasteiger partial charge in [-0.05, 0) is 18.1 Å². The van der Waals surface area contributed by atoms with Crippen LogP contribution in [0.1, 0.15) is 16.7 Å². The second-order valence-corrected chi connectivity index (χ2v) is 5.29. The van der Waals surface area contributed by atoms with Crippen LogP contribution in [0.3, 0.4) is 0 Å². The summed E-state index contributed by atoms with van der Waals surface area (Å²) in [4.78, 5) is 23.1. The van der Waals surface area contributed by atoms with E-state index in [1.165, 1.54) is 0 Å². The number of rotatable bonds is 6. The summed E-state index contributed by atoms with van der Waals surface area (Å²) in [6.45, 7) is 2.06. The molecule has 1 amide bonds. The van der Waals surface area contributed by atoms with E-state index in [4.69, 9.17) is 4.74 Å². The molecule has 0 unspecified atom stereocenters. The maximum atomic E-state index is 11.8. The average molecular weight is 313 g/mol. The molecule has 5 nitrogen and oxygen atoms in total. The molecule has 23 heavy (non-hydrogen) atoms. The first-order valence-electron chi connectivity index (χ1n) is 7.30. The van der Waals surface area contributed by atoms with Crippen molar-refractivity contribution in [3.63, 3.8) is 0 Å². The second kappa shape index (κ2) is 7.98. The van der Waals surface area contributed by atoms with E-state index in [2.05, 4.69) is 5.32 Å². The van der Waals surface area contributed by atoms with Gasteiger partial charge >= 0.3 is 12.1 Å². The number of carbonyl (C=O) groups is 2. The molecule has 2 aromatic carbocycles. The van der Waals surface area contributed by atoms with Gasteiger partial charge in [0.1, 0.15) is 12.6 Å². The van der Waals surface area contributed by atoms with Gasteiger partial charge in [0.15, 0.2) is 0 Å². The third kappa shape index (κ3) is 5.47. The fraction of sp³-hybridized carbons (Fsp3) is 0.222. The molecule has 0 aliphatic heterocycles. The Hall–Kier alpha value is -2.82. The number of benzene rings is 2. The van der Waals surface area contributed by atoms with Crippen molar-refractivity contribution in [2.45, 2.75) is 26.0 Å². The molecular formula is C18H19NO4. The highest BCUT2D eigenvalue weighted by Crippen LogP contribution is 2.07. The number of carboxylic acids is 1. The molecule has 0 spiro atoms. The van der Waals surface area contributed by atoms with Gasteiger partial charge in [-0.3, -0.25) is 0 Å². The molecule has 2 N–H and O–H groups in total. The van der Waals surface area contributed by atoms with Crippen molar-refractivity contribution in [1.29, 1.82) is 0 Å². The lowest BCUT2D eigenvalue weighted by molar-refractivity contribution is -0.139. The van der Waals surface area contributed by atoms with Crippen LogP contribution in [0, 0.1) is 6.92 Å². The molecule has 120 valence electrons. The van der Waals surface area contributed by atoms with Gasteiger partial charge in [0.2, 0.25) is 0 Å². The summed E-state index contributed by atoms with van der Waals surface area (Å²) < 4.78 is 5.05. The van der Waals surface area contributed by atoms with E-state index in [9.17, 15) is 14.7 Å². The Morgan fingerprint density at radius 3 is 2.30 bits per heavy atom. The Kier molecular flexibility index (Phi) is 5.74. The van der Waals surface area contributed by atoms with Crippen molar-refractivity contribution in [2.24, 2.45) is 0 Å². The SMILES string of the molecule is Cc1ccc(C[C@@H](NC(=O)OCc2ccccc2)C(=O)O)cc1. The normalized spacial score (nSPS) is 11.5. The number of amides is 1. The largest absolute Gasteiger partial charge is 0.480 e. The quantitative estimate of drug-likeness (QED) is 0.860. The number of alkyl carbamates (subject to hydrolysis) is 1. The standard InChI is InChI=1S/C18H19NO4/c1-13-7-9-14(10-8-13)11-16(17(20)21)19-18(22)23-12-15-5-3-2-4-6-15/h2-10,16H,11-12H2,1H3,(H,19,22)(H,20,21)/t16-/m1/s1. The molecule has 0 radical (unpaired) electrons. The third-order valence-electron chi connectivity index (χ3n) is 3.36. The topological polar surface area (TPSA) is 75.6 Å². The van der Waals surface area contributed by atoms with Gasteiger partial charge in [0.05, 0.1) is 0 Å². The summed E-state index contributed by atoms with van der Waals surface area (Å²) in [7, 11) is 0. The number of hydrogen-bond acceptors (Lipinski definition) is 3. The van der Waals surface area contributed by atoms with Crippen LogP contribution in [0.25, 0.3) is 0 Å². The summed E-state index contributed by atoms with van der Waals surface area (Å²) in [5, 5.41) is 11.6. The molecule has 0 saturated carbocycles. The second-order valence-electron chi connectivity index (χ2n) is 5.29. The van der Waals surface area contributed by atoms with Crippen LogP contribution >= 0.6 is 0 Å². The molecule has 1 atom stereocenters. The first kappa shape index (κ1) is 16.5. The molecule has 0 aromatic heterocycles. The third-order valence-corrected chi connectivity index (χ3v) is 3.36. The molecular weight excluding hydrogens is 294 g/mol. The summed E-state index contributed by atoms with van der Waals surface area (Å²) in [6, 6.07) is 15.7. The van der Waals surface area contributed by atoms with E-state index in [1.807, 2.05) is 61.5 Å². The first-order chi connectivity index (χ1) is 11.0.